The summed E-state index contributed by atoms with van der Waals surface area (Å²) in [5.41, 5.74) is 10.7. The van der Waals surface area contributed by atoms with Crippen molar-refractivity contribution in [2.75, 3.05) is 70.6 Å². The Balaban J connectivity index is 0.000000284. The van der Waals surface area contributed by atoms with Crippen molar-refractivity contribution in [3.05, 3.63) is 196 Å². The molecular weight excluding hydrogens is 1800 g/mol. The molecule has 0 bridgehead atoms. The van der Waals surface area contributed by atoms with E-state index in [0.29, 0.717) is 18.1 Å². The molecule has 0 aliphatic carbocycles. The summed E-state index contributed by atoms with van der Waals surface area (Å²) in [6.07, 6.45) is 14.2. The average Bonchev–Trinajstić information content (AvgIpc) is 1.03. The number of aromatic hydroxyl groups is 1. The van der Waals surface area contributed by atoms with Crippen molar-refractivity contribution in [1.82, 2.24) is 4.90 Å². The predicted octanol–water partition coefficient (Wildman–Crippen LogP) is 25.1. The number of rotatable bonds is 15. The van der Waals surface area contributed by atoms with Gasteiger partial charge in [-0.15, -0.1) is 57.5 Å². The molecule has 2 aromatic heterocycles. The van der Waals surface area contributed by atoms with Crippen molar-refractivity contribution in [3.63, 3.8) is 0 Å². The Hall–Kier alpha value is -6.46. The van der Waals surface area contributed by atoms with Crippen LogP contribution in [-0.4, -0.2) is 121 Å². The van der Waals surface area contributed by atoms with E-state index in [0.717, 1.165) is 51.6 Å². The molecular formula is C83H108BBr3F6N6O10S6. The fourth-order valence-electron chi connectivity index (χ4n) is 12.6. The van der Waals surface area contributed by atoms with Gasteiger partial charge in [-0.25, -0.2) is 0 Å². The van der Waals surface area contributed by atoms with E-state index in [1.165, 1.54) is 97.9 Å². The molecule has 12 rings (SSSR count). The van der Waals surface area contributed by atoms with Crippen LogP contribution in [0.15, 0.2) is 168 Å². The number of alkyl halides is 6. The minimum Gasteiger partial charge on any atom is -0.508 e. The predicted molar refractivity (Wildman–Crippen MR) is 490 cm³/mol. The van der Waals surface area contributed by atoms with Crippen LogP contribution in [0.2, 0.25) is 0 Å². The van der Waals surface area contributed by atoms with E-state index in [2.05, 4.69) is 309 Å². The Labute approximate surface area is 716 Å². The quantitative estimate of drug-likeness (QED) is 0.0107. The zero-order chi connectivity index (χ0) is 86.0. The maximum absolute atomic E-state index is 11.4. The van der Waals surface area contributed by atoms with Crippen LogP contribution in [0, 0.1) is 0 Å². The number of phenolic OH excluding ortho intramolecular Hbond substituents is 1. The Kier molecular flexibility index (Phi) is 37.3. The van der Waals surface area contributed by atoms with Crippen molar-refractivity contribution < 1.29 is 69.3 Å². The number of thioether (sulfide) groups is 1. The van der Waals surface area contributed by atoms with Crippen LogP contribution in [0.25, 0.3) is 50.1 Å². The fourth-order valence-corrected chi connectivity index (χ4v) is 16.7. The van der Waals surface area contributed by atoms with Gasteiger partial charge in [0, 0.05) is 67.8 Å². The third-order valence-corrected chi connectivity index (χ3v) is 22.5. The van der Waals surface area contributed by atoms with Gasteiger partial charge in [0.2, 0.25) is 0 Å². The van der Waals surface area contributed by atoms with Gasteiger partial charge in [0.15, 0.2) is 0 Å². The van der Waals surface area contributed by atoms with Gasteiger partial charge in [-0.3, -0.25) is 0 Å². The standard InChI is InChI=1S/C19H21NS2.C16H17NS.C14H19NO.C13H17NO3S.C12H15NO.C6H15N.C2F6O5S2.CH4.BBr3/c1-4-8-21-13-16-11-19(2,3)20-18-6-5-14(10-17(16)18)15-7-9-22-12-15;1-11-9-16(2,3)17-15-5-4-12(8-14(11)15)13-6-7-18-10-13;1-5-16-11-6-7-13-12(8-11)10(2)9-14(3,4)15-13;1-9-8-13(2,3)14-12-6-5-10(7-11(9)12)17-18(4,15)16;1-8-7-12(2,3)13-11-5-4-9(14)6-10(8)11;1-4-7(5-2)6-3;3-1(4,5)14(9,10)13-15(11,12)2(6,7)8;;2-1(3)4/h4-7,9-12,20H,1,8,13H2,2-3H3;4-10,17H,1-3H3;6-9,15H,5H2,1-4H3;5-8,14H,1-4H3;4-7,13-14H,1-3H3;4-6H2,1-3H3;;1H4;. The maximum Gasteiger partial charge on any atom is 0.524 e. The number of hydrogen-bond acceptors (Lipinski definition) is 19. The molecule has 7 aromatic rings. The van der Waals surface area contributed by atoms with Crippen molar-refractivity contribution >= 4 is 172 Å². The number of fused-ring (bicyclic) bond motifs is 5. The molecule has 0 saturated heterocycles. The normalized spacial score (nSPS) is 15.8. The van der Waals surface area contributed by atoms with Crippen molar-refractivity contribution in [3.8, 4) is 39.5 Å². The number of nitrogens with zero attached hydrogens (tertiary/aromatic N) is 1. The molecule has 5 aromatic carbocycles. The second kappa shape index (κ2) is 42.5. The number of allylic oxidation sites excluding steroid dienone is 4. The van der Waals surface area contributed by atoms with Crippen LogP contribution in [0.4, 0.5) is 54.8 Å². The van der Waals surface area contributed by atoms with E-state index >= 15 is 0 Å². The molecule has 115 heavy (non-hydrogen) atoms. The van der Waals surface area contributed by atoms with Crippen molar-refractivity contribution in [2.45, 2.75) is 171 Å². The molecule has 0 amide bonds. The van der Waals surface area contributed by atoms with Gasteiger partial charge in [-0.1, -0.05) is 76.8 Å². The van der Waals surface area contributed by atoms with Crippen molar-refractivity contribution in [2.24, 2.45) is 0 Å². The molecule has 0 saturated carbocycles. The first-order chi connectivity index (χ1) is 52.6. The number of benzene rings is 5. The fraction of sp³-hybridized carbons (Fsp3) is 0.398. The lowest BCUT2D eigenvalue weighted by atomic mass is 9.89. The molecule has 0 radical (unpaired) electrons. The molecule has 0 atom stereocenters. The Morgan fingerprint density at radius 3 is 1.17 bits per heavy atom. The second-order valence-electron chi connectivity index (χ2n) is 29.7. The van der Waals surface area contributed by atoms with Gasteiger partial charge in [0.05, 0.1) is 40.6 Å². The number of phenols is 1. The molecule has 0 unspecified atom stereocenters. The van der Waals surface area contributed by atoms with Gasteiger partial charge < -0.3 is 45.5 Å². The monoisotopic (exact) mass is 1900 g/mol. The summed E-state index contributed by atoms with van der Waals surface area (Å²) in [4.78, 5) is 2.38. The van der Waals surface area contributed by atoms with Crippen LogP contribution < -0.4 is 35.5 Å². The second-order valence-corrected chi connectivity index (χ2v) is 43.5. The summed E-state index contributed by atoms with van der Waals surface area (Å²) in [5.74, 6) is 3.61. The highest BCUT2D eigenvalue weighted by Gasteiger charge is 2.57. The van der Waals surface area contributed by atoms with Crippen LogP contribution >= 0.6 is 81.7 Å². The van der Waals surface area contributed by atoms with Gasteiger partial charge in [-0.05, 0) is 286 Å². The smallest absolute Gasteiger partial charge is 0.508 e. The lowest BCUT2D eigenvalue weighted by Crippen LogP contribution is -2.34. The Bertz CT molecular complexity index is 4900. The van der Waals surface area contributed by atoms with Gasteiger partial charge in [-0.2, -0.15) is 86.0 Å². The lowest BCUT2D eigenvalue weighted by Gasteiger charge is -2.32. The highest BCUT2D eigenvalue weighted by Crippen LogP contribution is 2.43. The van der Waals surface area contributed by atoms with Crippen LogP contribution in [-0.2, 0) is 34.0 Å². The topological polar surface area (TPSA) is 214 Å². The zero-order valence-corrected chi connectivity index (χ0v) is 77.2. The largest absolute Gasteiger partial charge is 0.524 e. The first-order valence-electron chi connectivity index (χ1n) is 36.1. The SMILES string of the molecule is BrB(Br)Br.C.C=CCSCC1=CC(C)(C)Nc2ccc(-c3ccsc3)cc21.CC1=CC(C)(C)Nc2ccc(-c3ccsc3)cc21.CC1=CC(C)(C)Nc2ccc(O)cc21.CC1=CC(C)(C)Nc2ccc(OS(C)(=O)=O)cc21.CCN(CC)CC.CCOc1ccc2c(c1)C(C)=CC(C)(C)N2.O=S(=O)(OS(=O)(=O)C(F)(F)F)C(F)(F)F. The Morgan fingerprint density at radius 2 is 0.835 bits per heavy atom. The number of ether oxygens (including phenoxy) is 1. The number of nitrogens with one attached hydrogen (secondary N) is 5. The third kappa shape index (κ3) is 32.0. The van der Waals surface area contributed by atoms with Crippen LogP contribution in [0.1, 0.15) is 160 Å². The molecule has 16 nitrogen and oxygen atoms in total. The first-order valence-corrected chi connectivity index (χ1v) is 46.6. The zero-order valence-electron chi connectivity index (χ0n) is 67.5. The summed E-state index contributed by atoms with van der Waals surface area (Å²) in [6.45, 7) is 46.7. The van der Waals surface area contributed by atoms with Gasteiger partial charge in [0.1, 0.15) is 17.2 Å². The van der Waals surface area contributed by atoms with Crippen LogP contribution in [0.3, 0.4) is 0 Å². The number of thiophene rings is 2. The molecule has 0 spiro atoms. The summed E-state index contributed by atoms with van der Waals surface area (Å²) in [6, 6.07) is 34.7. The highest BCUT2D eigenvalue weighted by molar-refractivity contribution is 9.69. The lowest BCUT2D eigenvalue weighted by molar-refractivity contribution is -0.0586. The highest BCUT2D eigenvalue weighted by atomic mass is 79.9. The molecule has 32 heteroatoms. The first kappa shape index (κ1) is 101. The average molecular weight is 1910 g/mol. The maximum atomic E-state index is 11.4. The molecule has 5 aliphatic rings. The van der Waals surface area contributed by atoms with Gasteiger partial charge >= 0.3 is 44.6 Å². The van der Waals surface area contributed by atoms with E-state index in [1.807, 2.05) is 53.5 Å². The molecule has 5 aliphatic heterocycles. The van der Waals surface area contributed by atoms with E-state index < -0.39 is 41.4 Å². The summed E-state index contributed by atoms with van der Waals surface area (Å²) in [5, 5.41) is 35.5. The molecule has 632 valence electrons. The minimum absolute atomic E-state index is 0. The third-order valence-electron chi connectivity index (χ3n) is 17.0. The van der Waals surface area contributed by atoms with Crippen molar-refractivity contribution in [1.29, 1.82) is 0 Å². The minimum atomic E-state index is -6.85. The van der Waals surface area contributed by atoms with Crippen LogP contribution in [0.5, 0.6) is 17.2 Å². The molecule has 7 heterocycles. The van der Waals surface area contributed by atoms with Gasteiger partial charge in [0.25, 0.3) is 0 Å². The van der Waals surface area contributed by atoms with E-state index in [-0.39, 0.29) is 38.3 Å². The number of halogens is 9. The number of anilines is 5. The van der Waals surface area contributed by atoms with E-state index in [9.17, 15) is 56.7 Å². The number of hydrogen-bond donors (Lipinski definition) is 6. The van der Waals surface area contributed by atoms with E-state index in [4.69, 9.17) is 8.92 Å². The molecule has 6 N–H and O–H groups in total. The Morgan fingerprint density at radius 1 is 0.504 bits per heavy atom. The summed E-state index contributed by atoms with van der Waals surface area (Å²) in [7, 11) is -17.2. The summed E-state index contributed by atoms with van der Waals surface area (Å²) < 4.78 is 143. The van der Waals surface area contributed by atoms with E-state index in [1.54, 1.807) is 46.9 Å². The summed E-state index contributed by atoms with van der Waals surface area (Å²) >= 11 is 14.7. The molecule has 0 fully saturated rings.